The molecule has 0 amide bonds. The van der Waals surface area contributed by atoms with Gasteiger partial charge in [-0.15, -0.1) is 0 Å². The molecule has 1 heterocycles. The Balaban J connectivity index is 1.99. The number of hydrogen-bond donors (Lipinski definition) is 0. The first-order valence-electron chi connectivity index (χ1n) is 7.10. The second kappa shape index (κ2) is 5.12. The van der Waals surface area contributed by atoms with Crippen molar-refractivity contribution in [2.45, 2.75) is 39.3 Å². The van der Waals surface area contributed by atoms with Gasteiger partial charge in [-0.05, 0) is 42.9 Å². The fourth-order valence-electron chi connectivity index (χ4n) is 2.85. The lowest BCUT2D eigenvalue weighted by molar-refractivity contribution is 0.600. The van der Waals surface area contributed by atoms with Crippen molar-refractivity contribution >= 4 is 0 Å². The van der Waals surface area contributed by atoms with E-state index in [1.165, 1.54) is 28.2 Å². The average Bonchev–Trinajstić information content (AvgIpc) is 2.91. The summed E-state index contributed by atoms with van der Waals surface area (Å²) in [6.45, 7) is 2.82. The van der Waals surface area contributed by atoms with Crippen molar-refractivity contribution in [3.05, 3.63) is 68.0 Å². The maximum absolute atomic E-state index is 12.2. The molecule has 0 spiro atoms. The van der Waals surface area contributed by atoms with E-state index < -0.39 is 0 Å². The highest BCUT2D eigenvalue weighted by Gasteiger charge is 2.12. The number of aryl methyl sites for hydroxylation is 3. The molecule has 0 aliphatic heterocycles. The molecule has 0 unspecified atom stereocenters. The maximum Gasteiger partial charge on any atom is 0.331 e. The predicted octanol–water partition coefficient (Wildman–Crippen LogP) is 1.57. The highest BCUT2D eigenvalue weighted by molar-refractivity contribution is 5.35. The lowest BCUT2D eigenvalue weighted by atomic mass is 10.1. The summed E-state index contributed by atoms with van der Waals surface area (Å²) in [5, 5.41) is 0. The first kappa shape index (κ1) is 12.9. The molecule has 2 aromatic rings. The van der Waals surface area contributed by atoms with Crippen molar-refractivity contribution < 1.29 is 0 Å². The van der Waals surface area contributed by atoms with Gasteiger partial charge in [-0.1, -0.05) is 18.2 Å². The van der Waals surface area contributed by atoms with Gasteiger partial charge in [0.2, 0.25) is 0 Å². The van der Waals surface area contributed by atoms with Crippen molar-refractivity contribution in [2.75, 3.05) is 0 Å². The SMILES string of the molecule is CCn1ccc(=O)n(Cc2ccc3c(c2)CCC3)c1=O. The summed E-state index contributed by atoms with van der Waals surface area (Å²) in [4.78, 5) is 24.1. The van der Waals surface area contributed by atoms with E-state index in [9.17, 15) is 9.59 Å². The molecule has 0 radical (unpaired) electrons. The Morgan fingerprint density at radius 2 is 1.90 bits per heavy atom. The average molecular weight is 270 g/mol. The molecular formula is C16H18N2O2. The second-order valence-electron chi connectivity index (χ2n) is 5.27. The predicted molar refractivity (Wildman–Crippen MR) is 78.2 cm³/mol. The fourth-order valence-corrected chi connectivity index (χ4v) is 2.85. The van der Waals surface area contributed by atoms with Gasteiger partial charge in [-0.3, -0.25) is 9.36 Å². The molecule has 4 heteroatoms. The molecule has 0 N–H and O–H groups in total. The quantitative estimate of drug-likeness (QED) is 0.849. The molecule has 0 bridgehead atoms. The van der Waals surface area contributed by atoms with Gasteiger partial charge in [0.15, 0.2) is 0 Å². The molecule has 1 aliphatic rings. The zero-order chi connectivity index (χ0) is 14.1. The smallest absolute Gasteiger partial charge is 0.301 e. The summed E-state index contributed by atoms with van der Waals surface area (Å²) in [7, 11) is 0. The Kier molecular flexibility index (Phi) is 3.30. The van der Waals surface area contributed by atoms with E-state index in [2.05, 4.69) is 12.1 Å². The van der Waals surface area contributed by atoms with E-state index in [0.717, 1.165) is 18.4 Å². The van der Waals surface area contributed by atoms with Crippen LogP contribution >= 0.6 is 0 Å². The van der Waals surface area contributed by atoms with Crippen LogP contribution in [0.25, 0.3) is 0 Å². The summed E-state index contributed by atoms with van der Waals surface area (Å²) in [5.74, 6) is 0. The van der Waals surface area contributed by atoms with E-state index in [0.29, 0.717) is 13.1 Å². The summed E-state index contributed by atoms with van der Waals surface area (Å²) in [6.07, 6.45) is 5.01. The van der Waals surface area contributed by atoms with Crippen LogP contribution in [0, 0.1) is 0 Å². The van der Waals surface area contributed by atoms with Crippen LogP contribution in [0.15, 0.2) is 40.1 Å². The Bertz CT molecular complexity index is 756. The molecule has 1 aromatic carbocycles. The van der Waals surface area contributed by atoms with Gasteiger partial charge in [0.1, 0.15) is 0 Å². The fraction of sp³-hybridized carbons (Fsp3) is 0.375. The van der Waals surface area contributed by atoms with Crippen LogP contribution in [-0.2, 0) is 25.9 Å². The van der Waals surface area contributed by atoms with Crippen LogP contribution in [0.5, 0.6) is 0 Å². The van der Waals surface area contributed by atoms with Crippen molar-refractivity contribution in [1.82, 2.24) is 9.13 Å². The first-order chi connectivity index (χ1) is 9.69. The monoisotopic (exact) mass is 270 g/mol. The molecule has 0 atom stereocenters. The van der Waals surface area contributed by atoms with Crippen molar-refractivity contribution in [1.29, 1.82) is 0 Å². The molecular weight excluding hydrogens is 252 g/mol. The highest BCUT2D eigenvalue weighted by atomic mass is 16.2. The van der Waals surface area contributed by atoms with Crippen molar-refractivity contribution in [3.8, 4) is 0 Å². The van der Waals surface area contributed by atoms with Crippen molar-refractivity contribution in [3.63, 3.8) is 0 Å². The van der Waals surface area contributed by atoms with E-state index in [4.69, 9.17) is 0 Å². The lowest BCUT2D eigenvalue weighted by Gasteiger charge is -2.09. The summed E-state index contributed by atoms with van der Waals surface area (Å²) in [5.41, 5.74) is 3.32. The van der Waals surface area contributed by atoms with Gasteiger partial charge in [-0.25, -0.2) is 4.79 Å². The summed E-state index contributed by atoms with van der Waals surface area (Å²) in [6, 6.07) is 7.75. The topological polar surface area (TPSA) is 44.0 Å². The molecule has 0 fully saturated rings. The van der Waals surface area contributed by atoms with Crippen LogP contribution in [-0.4, -0.2) is 9.13 Å². The van der Waals surface area contributed by atoms with E-state index >= 15 is 0 Å². The van der Waals surface area contributed by atoms with Gasteiger partial charge in [-0.2, -0.15) is 0 Å². The molecule has 0 saturated heterocycles. The number of fused-ring (bicyclic) bond motifs is 1. The summed E-state index contributed by atoms with van der Waals surface area (Å²) < 4.78 is 2.86. The molecule has 4 nitrogen and oxygen atoms in total. The van der Waals surface area contributed by atoms with Crippen LogP contribution in [0.3, 0.4) is 0 Å². The third kappa shape index (κ3) is 2.22. The molecule has 104 valence electrons. The molecule has 1 aromatic heterocycles. The first-order valence-corrected chi connectivity index (χ1v) is 7.10. The lowest BCUT2D eigenvalue weighted by Crippen LogP contribution is -2.38. The Hall–Kier alpha value is -2.10. The van der Waals surface area contributed by atoms with Gasteiger partial charge in [0.05, 0.1) is 6.54 Å². The number of benzene rings is 1. The van der Waals surface area contributed by atoms with Gasteiger partial charge >= 0.3 is 5.69 Å². The highest BCUT2D eigenvalue weighted by Crippen LogP contribution is 2.22. The van der Waals surface area contributed by atoms with E-state index in [1.54, 1.807) is 10.8 Å². The number of rotatable bonds is 3. The molecule has 0 saturated carbocycles. The van der Waals surface area contributed by atoms with Crippen LogP contribution in [0.4, 0.5) is 0 Å². The minimum atomic E-state index is -0.236. The standard InChI is InChI=1S/C16H18N2O2/c1-2-17-9-8-15(19)18(16(17)20)11-12-6-7-13-4-3-5-14(13)10-12/h6-10H,2-5,11H2,1H3. The second-order valence-corrected chi connectivity index (χ2v) is 5.27. The van der Waals surface area contributed by atoms with Crippen LogP contribution in [0.1, 0.15) is 30.0 Å². The zero-order valence-corrected chi connectivity index (χ0v) is 11.6. The minimum Gasteiger partial charge on any atom is -0.301 e. The van der Waals surface area contributed by atoms with Crippen LogP contribution in [0.2, 0.25) is 0 Å². The normalized spacial score (nSPS) is 13.4. The Morgan fingerprint density at radius 3 is 2.70 bits per heavy atom. The van der Waals surface area contributed by atoms with Gasteiger partial charge in [0, 0.05) is 18.8 Å². The molecule has 1 aliphatic carbocycles. The van der Waals surface area contributed by atoms with Gasteiger partial charge < -0.3 is 4.57 Å². The third-order valence-electron chi connectivity index (χ3n) is 3.98. The molecule has 3 rings (SSSR count). The largest absolute Gasteiger partial charge is 0.331 e. The number of aromatic nitrogens is 2. The third-order valence-corrected chi connectivity index (χ3v) is 3.98. The van der Waals surface area contributed by atoms with E-state index in [-0.39, 0.29) is 11.2 Å². The summed E-state index contributed by atoms with van der Waals surface area (Å²) >= 11 is 0. The maximum atomic E-state index is 12.2. The Morgan fingerprint density at radius 1 is 1.10 bits per heavy atom. The number of nitrogens with zero attached hydrogens (tertiary/aromatic N) is 2. The van der Waals surface area contributed by atoms with Crippen molar-refractivity contribution in [2.24, 2.45) is 0 Å². The van der Waals surface area contributed by atoms with E-state index in [1.807, 2.05) is 13.0 Å². The Labute approximate surface area is 117 Å². The van der Waals surface area contributed by atoms with Crippen LogP contribution < -0.4 is 11.2 Å². The number of hydrogen-bond acceptors (Lipinski definition) is 2. The zero-order valence-electron chi connectivity index (χ0n) is 11.6. The minimum absolute atomic E-state index is 0.236. The van der Waals surface area contributed by atoms with Gasteiger partial charge in [0.25, 0.3) is 5.56 Å². The molecule has 20 heavy (non-hydrogen) atoms.